The zero-order valence-corrected chi connectivity index (χ0v) is 21.6. The fraction of sp³-hybridized carbons (Fsp3) is 0.481. The summed E-state index contributed by atoms with van der Waals surface area (Å²) in [6.45, 7) is 3.32. The molecule has 0 unspecified atom stereocenters. The number of fused-ring (bicyclic) bond motifs is 3. The van der Waals surface area contributed by atoms with Crippen LogP contribution in [0, 0.1) is 17.0 Å². The van der Waals surface area contributed by atoms with Gasteiger partial charge in [0.1, 0.15) is 17.3 Å². The standard InChI is InChI=1S/C27H25ClF5N5O/c28-17-1-4-21-15(7-17)10-36(18-5-6-39-12-18)11-22-34-35-25(38(21)22)16-8-26(9-16)13-37(14-26)24-20(29)3-2-19(23(24)30)27(31,32)33/h1-4,7,16,18H,5-6,8-14H2/t18-/m0/s1. The molecule has 2 saturated heterocycles. The number of benzene rings is 2. The lowest BCUT2D eigenvalue weighted by atomic mass is 9.57. The average Bonchev–Trinajstić information content (AvgIpc) is 3.46. The second-order valence-electron chi connectivity index (χ2n) is 11.2. The molecular weight excluding hydrogens is 541 g/mol. The highest BCUT2D eigenvalue weighted by Gasteiger charge is 2.55. The average molecular weight is 566 g/mol. The summed E-state index contributed by atoms with van der Waals surface area (Å²) < 4.78 is 76.3. The first-order valence-electron chi connectivity index (χ1n) is 13.0. The summed E-state index contributed by atoms with van der Waals surface area (Å²) in [7, 11) is 0. The number of nitrogens with zero attached hydrogens (tertiary/aromatic N) is 5. The van der Waals surface area contributed by atoms with Gasteiger partial charge in [-0.3, -0.25) is 9.47 Å². The molecule has 0 amide bonds. The molecule has 1 atom stereocenters. The highest BCUT2D eigenvalue weighted by Crippen LogP contribution is 2.57. The van der Waals surface area contributed by atoms with E-state index in [4.69, 9.17) is 16.3 Å². The first-order chi connectivity index (χ1) is 18.6. The lowest BCUT2D eigenvalue weighted by Gasteiger charge is -2.59. The summed E-state index contributed by atoms with van der Waals surface area (Å²) in [5.41, 5.74) is -0.203. The van der Waals surface area contributed by atoms with Gasteiger partial charge in [-0.1, -0.05) is 11.6 Å². The largest absolute Gasteiger partial charge is 0.419 e. The molecule has 6 nitrogen and oxygen atoms in total. The Labute approximate surface area is 226 Å². The lowest BCUT2D eigenvalue weighted by molar-refractivity contribution is -0.140. The van der Waals surface area contributed by atoms with Crippen molar-refractivity contribution in [3.05, 3.63) is 69.8 Å². The number of rotatable bonds is 3. The fourth-order valence-electron chi connectivity index (χ4n) is 6.78. The summed E-state index contributed by atoms with van der Waals surface area (Å²) in [5.74, 6) is -0.791. The van der Waals surface area contributed by atoms with Gasteiger partial charge >= 0.3 is 6.18 Å². The predicted octanol–water partition coefficient (Wildman–Crippen LogP) is 5.71. The molecule has 12 heteroatoms. The SMILES string of the molecule is Fc1ccc(C(F)(F)F)c(F)c1N1CC2(CC(c3nnc4n3-c3ccc(Cl)cc3CN([C@H]3CCOC3)C4)C2)C1. The van der Waals surface area contributed by atoms with Crippen molar-refractivity contribution in [2.45, 2.75) is 50.5 Å². The molecule has 1 spiro atoms. The Bertz CT molecular complexity index is 1440. The van der Waals surface area contributed by atoms with Crippen molar-refractivity contribution in [1.29, 1.82) is 0 Å². The Morgan fingerprint density at radius 1 is 1.03 bits per heavy atom. The molecule has 7 rings (SSSR count). The molecule has 3 aromatic rings. The van der Waals surface area contributed by atoms with Crippen LogP contribution in [0.4, 0.5) is 27.6 Å². The Morgan fingerprint density at radius 2 is 1.82 bits per heavy atom. The molecular formula is C27H25ClF5N5O. The van der Waals surface area contributed by atoms with Gasteiger partial charge in [-0.15, -0.1) is 10.2 Å². The predicted molar refractivity (Wildman–Crippen MR) is 133 cm³/mol. The number of hydrogen-bond acceptors (Lipinski definition) is 5. The van der Waals surface area contributed by atoms with Crippen LogP contribution in [0.5, 0.6) is 0 Å². The van der Waals surface area contributed by atoms with Gasteiger partial charge in [0, 0.05) is 48.6 Å². The third-order valence-corrected chi connectivity index (χ3v) is 8.88. The number of aromatic nitrogens is 3. The Morgan fingerprint density at radius 3 is 2.54 bits per heavy atom. The lowest BCUT2D eigenvalue weighted by Crippen LogP contribution is -2.62. The van der Waals surface area contributed by atoms with E-state index in [1.54, 1.807) is 0 Å². The van der Waals surface area contributed by atoms with E-state index in [2.05, 4.69) is 19.7 Å². The zero-order chi connectivity index (χ0) is 27.1. The van der Waals surface area contributed by atoms with Crippen LogP contribution >= 0.6 is 11.6 Å². The third-order valence-electron chi connectivity index (χ3n) is 8.64. The van der Waals surface area contributed by atoms with Crippen molar-refractivity contribution < 1.29 is 26.7 Å². The van der Waals surface area contributed by atoms with Crippen molar-refractivity contribution >= 4 is 17.3 Å². The second kappa shape index (κ2) is 8.87. The maximum atomic E-state index is 14.7. The summed E-state index contributed by atoms with van der Waals surface area (Å²) in [6.07, 6.45) is -2.51. The van der Waals surface area contributed by atoms with Gasteiger partial charge in [0.15, 0.2) is 11.6 Å². The molecule has 4 heterocycles. The van der Waals surface area contributed by atoms with Gasteiger partial charge in [-0.05, 0) is 55.2 Å². The van der Waals surface area contributed by atoms with Crippen LogP contribution in [0.1, 0.15) is 48.0 Å². The van der Waals surface area contributed by atoms with E-state index in [9.17, 15) is 22.0 Å². The van der Waals surface area contributed by atoms with Gasteiger partial charge in [-0.25, -0.2) is 8.78 Å². The molecule has 1 saturated carbocycles. The molecule has 0 N–H and O–H groups in total. The minimum Gasteiger partial charge on any atom is -0.380 e. The van der Waals surface area contributed by atoms with Crippen LogP contribution < -0.4 is 4.90 Å². The number of hydrogen-bond donors (Lipinski definition) is 0. The first-order valence-corrected chi connectivity index (χ1v) is 13.3. The quantitative estimate of drug-likeness (QED) is 0.381. The van der Waals surface area contributed by atoms with E-state index in [0.29, 0.717) is 62.8 Å². The smallest absolute Gasteiger partial charge is 0.380 e. The van der Waals surface area contributed by atoms with E-state index >= 15 is 0 Å². The van der Waals surface area contributed by atoms with E-state index in [-0.39, 0.29) is 17.4 Å². The van der Waals surface area contributed by atoms with Crippen molar-refractivity contribution in [1.82, 2.24) is 19.7 Å². The minimum atomic E-state index is -4.89. The van der Waals surface area contributed by atoms with Crippen LogP contribution in [-0.2, 0) is 24.0 Å². The zero-order valence-electron chi connectivity index (χ0n) is 20.8. The van der Waals surface area contributed by atoms with Gasteiger partial charge in [0.2, 0.25) is 0 Å². The van der Waals surface area contributed by atoms with Gasteiger partial charge in [0.25, 0.3) is 0 Å². The molecule has 3 fully saturated rings. The number of anilines is 1. The summed E-state index contributed by atoms with van der Waals surface area (Å²) in [4.78, 5) is 3.73. The molecule has 39 heavy (non-hydrogen) atoms. The topological polar surface area (TPSA) is 46.4 Å². The van der Waals surface area contributed by atoms with Crippen molar-refractivity contribution in [3.63, 3.8) is 0 Å². The van der Waals surface area contributed by atoms with Gasteiger partial charge in [0.05, 0.1) is 24.4 Å². The van der Waals surface area contributed by atoms with Crippen LogP contribution in [0.3, 0.4) is 0 Å². The Balaban J connectivity index is 1.13. The van der Waals surface area contributed by atoms with Gasteiger partial charge in [-0.2, -0.15) is 13.2 Å². The number of ether oxygens (including phenoxy) is 1. The van der Waals surface area contributed by atoms with Crippen molar-refractivity contribution in [3.8, 4) is 5.69 Å². The number of halogens is 6. The summed E-state index contributed by atoms with van der Waals surface area (Å²) in [5, 5.41) is 9.78. The number of alkyl halides is 3. The first kappa shape index (κ1) is 25.2. The van der Waals surface area contributed by atoms with Crippen molar-refractivity contribution in [2.75, 3.05) is 31.2 Å². The molecule has 2 aromatic carbocycles. The molecule has 206 valence electrons. The summed E-state index contributed by atoms with van der Waals surface area (Å²) in [6, 6.07) is 7.24. The van der Waals surface area contributed by atoms with Gasteiger partial charge < -0.3 is 9.64 Å². The molecule has 1 aliphatic carbocycles. The van der Waals surface area contributed by atoms with E-state index in [1.807, 2.05) is 18.2 Å². The monoisotopic (exact) mass is 565 g/mol. The molecule has 0 bridgehead atoms. The normalized spacial score (nSPS) is 22.8. The highest BCUT2D eigenvalue weighted by molar-refractivity contribution is 6.30. The summed E-state index contributed by atoms with van der Waals surface area (Å²) >= 11 is 6.36. The maximum Gasteiger partial charge on any atom is 0.419 e. The van der Waals surface area contributed by atoms with E-state index in [1.165, 1.54) is 4.90 Å². The maximum absolute atomic E-state index is 14.7. The Hall–Kier alpha value is -2.76. The molecule has 4 aliphatic rings. The fourth-order valence-corrected chi connectivity index (χ4v) is 6.98. The molecule has 1 aromatic heterocycles. The van der Waals surface area contributed by atoms with E-state index in [0.717, 1.165) is 35.9 Å². The van der Waals surface area contributed by atoms with Crippen LogP contribution in [0.15, 0.2) is 30.3 Å². The van der Waals surface area contributed by atoms with Crippen LogP contribution in [-0.4, -0.2) is 52.0 Å². The second-order valence-corrected chi connectivity index (χ2v) is 11.7. The van der Waals surface area contributed by atoms with Crippen molar-refractivity contribution in [2.24, 2.45) is 5.41 Å². The van der Waals surface area contributed by atoms with Crippen LogP contribution in [0.2, 0.25) is 5.02 Å². The third kappa shape index (κ3) is 4.12. The Kier molecular flexibility index (Phi) is 5.74. The minimum absolute atomic E-state index is 0.0782. The molecule has 0 radical (unpaired) electrons. The molecule has 3 aliphatic heterocycles. The highest BCUT2D eigenvalue weighted by atomic mass is 35.5. The van der Waals surface area contributed by atoms with Crippen LogP contribution in [0.25, 0.3) is 5.69 Å². The van der Waals surface area contributed by atoms with E-state index < -0.39 is 29.1 Å².